The minimum Gasteiger partial charge on any atom is -0.494 e. The summed E-state index contributed by atoms with van der Waals surface area (Å²) in [5, 5.41) is 8.27. The van der Waals surface area contributed by atoms with E-state index in [-0.39, 0.29) is 0 Å². The van der Waals surface area contributed by atoms with Crippen LogP contribution < -0.4 is 10.5 Å². The molecule has 0 aliphatic rings. The summed E-state index contributed by atoms with van der Waals surface area (Å²) in [6.45, 7) is 4.13. The summed E-state index contributed by atoms with van der Waals surface area (Å²) < 4.78 is 7.56. The molecule has 19 heavy (non-hydrogen) atoms. The molecule has 0 atom stereocenters. The van der Waals surface area contributed by atoms with Gasteiger partial charge in [0.15, 0.2) is 0 Å². The second-order valence-corrected chi connectivity index (χ2v) is 4.40. The number of nitrogens with zero attached hydrogens (tertiary/aromatic N) is 3. The lowest BCUT2D eigenvalue weighted by Gasteiger charge is -2.06. The van der Waals surface area contributed by atoms with E-state index in [4.69, 9.17) is 10.5 Å². The van der Waals surface area contributed by atoms with Crippen molar-refractivity contribution in [2.24, 2.45) is 5.73 Å². The molecule has 0 saturated heterocycles. The smallest absolute Gasteiger partial charge is 0.119 e. The van der Waals surface area contributed by atoms with Gasteiger partial charge in [0.2, 0.25) is 0 Å². The lowest BCUT2D eigenvalue weighted by Crippen LogP contribution is -2.08. The van der Waals surface area contributed by atoms with Crippen LogP contribution in [0, 0.1) is 6.92 Å². The van der Waals surface area contributed by atoms with Gasteiger partial charge in [0.1, 0.15) is 5.75 Å². The summed E-state index contributed by atoms with van der Waals surface area (Å²) >= 11 is 0. The molecule has 1 aromatic carbocycles. The van der Waals surface area contributed by atoms with Gasteiger partial charge in [-0.15, -0.1) is 5.10 Å². The Morgan fingerprint density at radius 3 is 2.79 bits per heavy atom. The summed E-state index contributed by atoms with van der Waals surface area (Å²) in [6, 6.07) is 9.83. The molecule has 5 nitrogen and oxygen atoms in total. The van der Waals surface area contributed by atoms with Gasteiger partial charge in [-0.2, -0.15) is 0 Å². The summed E-state index contributed by atoms with van der Waals surface area (Å²) in [7, 11) is 0. The third kappa shape index (κ3) is 3.79. The van der Waals surface area contributed by atoms with Crippen molar-refractivity contribution in [3.8, 4) is 5.75 Å². The molecule has 0 bridgehead atoms. The van der Waals surface area contributed by atoms with Crippen molar-refractivity contribution in [3.63, 3.8) is 0 Å². The van der Waals surface area contributed by atoms with E-state index >= 15 is 0 Å². The van der Waals surface area contributed by atoms with Crippen LogP contribution in [-0.4, -0.2) is 28.1 Å². The first-order chi connectivity index (χ1) is 9.31. The van der Waals surface area contributed by atoms with Crippen LogP contribution in [-0.2, 0) is 13.0 Å². The Morgan fingerprint density at radius 1 is 1.26 bits per heavy atom. The van der Waals surface area contributed by atoms with Crippen LogP contribution in [0.1, 0.15) is 17.8 Å². The molecule has 0 spiro atoms. The summed E-state index contributed by atoms with van der Waals surface area (Å²) in [6.07, 6.45) is 1.69. The molecular formula is C14H20N4O. The van der Waals surface area contributed by atoms with Gasteiger partial charge >= 0.3 is 0 Å². The average Bonchev–Trinajstić information content (AvgIpc) is 2.78. The third-order valence-corrected chi connectivity index (χ3v) is 2.99. The standard InChI is InChI=1S/C14H20N4O/c1-12-14(8-9-15)16-17-18(12)10-5-11-19-13-6-3-2-4-7-13/h2-4,6-7H,5,8-11,15H2,1H3. The Labute approximate surface area is 113 Å². The molecule has 0 aliphatic carbocycles. The summed E-state index contributed by atoms with van der Waals surface area (Å²) in [4.78, 5) is 0. The first-order valence-electron chi connectivity index (χ1n) is 6.58. The number of hydrogen-bond acceptors (Lipinski definition) is 4. The predicted octanol–water partition coefficient (Wildman–Crippen LogP) is 1.56. The van der Waals surface area contributed by atoms with E-state index < -0.39 is 0 Å². The van der Waals surface area contributed by atoms with E-state index in [0.717, 1.165) is 36.5 Å². The molecule has 2 N–H and O–H groups in total. The Kier molecular flexibility index (Phi) is 4.92. The molecule has 0 aliphatic heterocycles. The maximum absolute atomic E-state index is 5.64. The lowest BCUT2D eigenvalue weighted by molar-refractivity contribution is 0.297. The number of aryl methyl sites for hydroxylation is 1. The van der Waals surface area contributed by atoms with E-state index in [0.29, 0.717) is 13.2 Å². The fraction of sp³-hybridized carbons (Fsp3) is 0.429. The molecule has 102 valence electrons. The normalized spacial score (nSPS) is 10.6. The molecular weight excluding hydrogens is 240 g/mol. The fourth-order valence-electron chi connectivity index (χ4n) is 1.90. The molecule has 1 heterocycles. The van der Waals surface area contributed by atoms with E-state index in [2.05, 4.69) is 10.3 Å². The molecule has 5 heteroatoms. The highest BCUT2D eigenvalue weighted by molar-refractivity contribution is 5.20. The highest BCUT2D eigenvalue weighted by atomic mass is 16.5. The van der Waals surface area contributed by atoms with E-state index in [1.165, 1.54) is 0 Å². The van der Waals surface area contributed by atoms with Crippen molar-refractivity contribution < 1.29 is 4.74 Å². The van der Waals surface area contributed by atoms with Gasteiger partial charge in [0.05, 0.1) is 18.0 Å². The Morgan fingerprint density at radius 2 is 2.05 bits per heavy atom. The van der Waals surface area contributed by atoms with Crippen molar-refractivity contribution in [1.82, 2.24) is 15.0 Å². The summed E-state index contributed by atoms with van der Waals surface area (Å²) in [5.41, 5.74) is 7.62. The Balaban J connectivity index is 1.77. The zero-order valence-electron chi connectivity index (χ0n) is 11.2. The van der Waals surface area contributed by atoms with E-state index in [9.17, 15) is 0 Å². The molecule has 0 amide bonds. The van der Waals surface area contributed by atoms with Crippen molar-refractivity contribution in [1.29, 1.82) is 0 Å². The topological polar surface area (TPSA) is 66.0 Å². The third-order valence-electron chi connectivity index (χ3n) is 2.99. The van der Waals surface area contributed by atoms with Crippen LogP contribution in [0.25, 0.3) is 0 Å². The lowest BCUT2D eigenvalue weighted by atomic mass is 10.2. The number of aromatic nitrogens is 3. The molecule has 2 rings (SSSR count). The van der Waals surface area contributed by atoms with Crippen LogP contribution in [0.15, 0.2) is 30.3 Å². The zero-order chi connectivity index (χ0) is 13.5. The van der Waals surface area contributed by atoms with Gasteiger partial charge in [0.25, 0.3) is 0 Å². The zero-order valence-corrected chi connectivity index (χ0v) is 11.2. The quantitative estimate of drug-likeness (QED) is 0.767. The number of benzene rings is 1. The molecule has 0 saturated carbocycles. The Bertz CT molecular complexity index is 495. The highest BCUT2D eigenvalue weighted by Crippen LogP contribution is 2.09. The molecule has 0 fully saturated rings. The fourth-order valence-corrected chi connectivity index (χ4v) is 1.90. The average molecular weight is 260 g/mol. The molecule has 2 aromatic rings. The van der Waals surface area contributed by atoms with Crippen molar-refractivity contribution >= 4 is 0 Å². The van der Waals surface area contributed by atoms with Crippen LogP contribution in [0.2, 0.25) is 0 Å². The molecule has 1 aromatic heterocycles. The van der Waals surface area contributed by atoms with Gasteiger partial charge < -0.3 is 10.5 Å². The van der Waals surface area contributed by atoms with Gasteiger partial charge in [-0.25, -0.2) is 4.68 Å². The largest absolute Gasteiger partial charge is 0.494 e. The maximum Gasteiger partial charge on any atom is 0.119 e. The predicted molar refractivity (Wildman–Crippen MR) is 74.1 cm³/mol. The van der Waals surface area contributed by atoms with E-state index in [1.54, 1.807) is 0 Å². The highest BCUT2D eigenvalue weighted by Gasteiger charge is 2.06. The number of ether oxygens (including phenoxy) is 1. The maximum atomic E-state index is 5.64. The monoisotopic (exact) mass is 260 g/mol. The van der Waals surface area contributed by atoms with Gasteiger partial charge in [-0.1, -0.05) is 23.4 Å². The van der Waals surface area contributed by atoms with Gasteiger partial charge in [-0.05, 0) is 25.6 Å². The van der Waals surface area contributed by atoms with Gasteiger partial charge in [0, 0.05) is 19.4 Å². The second kappa shape index (κ2) is 6.89. The SMILES string of the molecule is Cc1c(CCN)nnn1CCCOc1ccccc1. The Hall–Kier alpha value is -1.88. The molecule has 0 unspecified atom stereocenters. The van der Waals surface area contributed by atoms with Crippen LogP contribution in [0.5, 0.6) is 5.75 Å². The number of para-hydroxylation sites is 1. The van der Waals surface area contributed by atoms with Gasteiger partial charge in [-0.3, -0.25) is 0 Å². The number of rotatable bonds is 7. The summed E-state index contributed by atoms with van der Waals surface area (Å²) in [5.74, 6) is 0.904. The minimum absolute atomic E-state index is 0.608. The van der Waals surface area contributed by atoms with Crippen LogP contribution in [0.4, 0.5) is 0 Å². The van der Waals surface area contributed by atoms with Crippen LogP contribution >= 0.6 is 0 Å². The van der Waals surface area contributed by atoms with Crippen molar-refractivity contribution in [3.05, 3.63) is 41.7 Å². The number of hydrogen-bond donors (Lipinski definition) is 1. The van der Waals surface area contributed by atoms with Crippen LogP contribution in [0.3, 0.4) is 0 Å². The van der Waals surface area contributed by atoms with Crippen molar-refractivity contribution in [2.75, 3.05) is 13.2 Å². The first kappa shape index (κ1) is 13.5. The minimum atomic E-state index is 0.608. The number of nitrogens with two attached hydrogens (primary N) is 1. The van der Waals surface area contributed by atoms with E-state index in [1.807, 2.05) is 41.9 Å². The van der Waals surface area contributed by atoms with Crippen molar-refractivity contribution in [2.45, 2.75) is 26.3 Å². The second-order valence-electron chi connectivity index (χ2n) is 4.40. The first-order valence-corrected chi connectivity index (χ1v) is 6.58. The molecule has 0 radical (unpaired) electrons.